The minimum Gasteiger partial charge on any atom is -0.465 e. The maximum absolute atomic E-state index is 11.5. The van der Waals surface area contributed by atoms with E-state index in [0.717, 1.165) is 11.1 Å². The smallest absolute Gasteiger partial charge is 0.337 e. The van der Waals surface area contributed by atoms with Crippen LogP contribution >= 0.6 is 0 Å². The lowest BCUT2D eigenvalue weighted by molar-refractivity contribution is 0.0600. The molecule has 1 heterocycles. The van der Waals surface area contributed by atoms with E-state index in [1.807, 2.05) is 24.3 Å². The van der Waals surface area contributed by atoms with Crippen molar-refractivity contribution >= 4 is 17.6 Å². The van der Waals surface area contributed by atoms with Crippen molar-refractivity contribution in [2.45, 2.75) is 19.6 Å². The van der Waals surface area contributed by atoms with Crippen LogP contribution in [0.25, 0.3) is 11.6 Å². The van der Waals surface area contributed by atoms with Gasteiger partial charge in [-0.05, 0) is 47.4 Å². The number of carbonyl (C=O) groups is 1. The van der Waals surface area contributed by atoms with Crippen molar-refractivity contribution in [3.63, 3.8) is 0 Å². The molecule has 3 heteroatoms. The van der Waals surface area contributed by atoms with Gasteiger partial charge in [0.05, 0.1) is 25.4 Å². The Kier molecular flexibility index (Phi) is 4.07. The van der Waals surface area contributed by atoms with Crippen molar-refractivity contribution in [2.24, 2.45) is 0 Å². The highest BCUT2D eigenvalue weighted by molar-refractivity contribution is 5.90. The van der Waals surface area contributed by atoms with Gasteiger partial charge in [-0.25, -0.2) is 4.79 Å². The molecule has 0 spiro atoms. The molecular formula is C19H18O3. The molecule has 1 aliphatic rings. The Labute approximate surface area is 130 Å². The molecule has 3 rings (SSSR count). The number of methoxy groups -OCH3 is 1. The second kappa shape index (κ2) is 6.16. The quantitative estimate of drug-likeness (QED) is 0.787. The van der Waals surface area contributed by atoms with Crippen molar-refractivity contribution in [3.05, 3.63) is 70.8 Å². The second-order valence-electron chi connectivity index (χ2n) is 5.32. The van der Waals surface area contributed by atoms with Gasteiger partial charge in [0.2, 0.25) is 0 Å². The van der Waals surface area contributed by atoms with Crippen LogP contribution < -0.4 is 0 Å². The highest BCUT2D eigenvalue weighted by Crippen LogP contribution is 2.31. The fourth-order valence-corrected chi connectivity index (χ4v) is 2.66. The second-order valence-corrected chi connectivity index (χ2v) is 5.32. The highest BCUT2D eigenvalue weighted by atomic mass is 16.5. The zero-order valence-electron chi connectivity index (χ0n) is 12.7. The average Bonchev–Trinajstić information content (AvgIpc) is 2.57. The van der Waals surface area contributed by atoms with Gasteiger partial charge in [-0.15, -0.1) is 0 Å². The summed E-state index contributed by atoms with van der Waals surface area (Å²) in [5.41, 5.74) is 5.19. The van der Waals surface area contributed by atoms with Gasteiger partial charge in [-0.1, -0.05) is 36.4 Å². The molecule has 0 amide bonds. The molecule has 0 saturated carbocycles. The van der Waals surface area contributed by atoms with Crippen molar-refractivity contribution in [1.29, 1.82) is 0 Å². The zero-order valence-corrected chi connectivity index (χ0v) is 12.7. The Bertz CT molecular complexity index is 714. The molecule has 2 aromatic rings. The number of hydrogen-bond acceptors (Lipinski definition) is 3. The number of fused-ring (bicyclic) bond motifs is 1. The molecular weight excluding hydrogens is 276 g/mol. The largest absolute Gasteiger partial charge is 0.465 e. The normalized spacial score (nSPS) is 18.8. The minimum atomic E-state index is -0.320. The van der Waals surface area contributed by atoms with E-state index in [1.54, 1.807) is 12.1 Å². The molecule has 0 N–H and O–H groups in total. The lowest BCUT2D eigenvalue weighted by atomic mass is 9.92. The molecule has 0 unspecified atom stereocenters. The predicted molar refractivity (Wildman–Crippen MR) is 86.3 cm³/mol. The van der Waals surface area contributed by atoms with Crippen molar-refractivity contribution < 1.29 is 14.3 Å². The van der Waals surface area contributed by atoms with E-state index in [9.17, 15) is 4.79 Å². The van der Waals surface area contributed by atoms with Crippen molar-refractivity contribution in [1.82, 2.24) is 0 Å². The number of rotatable bonds is 2. The SMILES string of the molecule is COC(=O)c1ccc(/C=C2\c3ccccc3CO[C@@H]2C)cc1. The summed E-state index contributed by atoms with van der Waals surface area (Å²) in [6.07, 6.45) is 2.17. The van der Waals surface area contributed by atoms with Gasteiger partial charge in [0.1, 0.15) is 0 Å². The Morgan fingerprint density at radius 3 is 2.64 bits per heavy atom. The summed E-state index contributed by atoms with van der Waals surface area (Å²) in [5, 5.41) is 0. The topological polar surface area (TPSA) is 35.5 Å². The Morgan fingerprint density at radius 1 is 1.18 bits per heavy atom. The molecule has 0 bridgehead atoms. The molecule has 0 radical (unpaired) electrons. The van der Waals surface area contributed by atoms with Crippen LogP contribution in [0.2, 0.25) is 0 Å². The van der Waals surface area contributed by atoms with Crippen LogP contribution in [0.1, 0.15) is 34.0 Å². The van der Waals surface area contributed by atoms with E-state index < -0.39 is 0 Å². The highest BCUT2D eigenvalue weighted by Gasteiger charge is 2.20. The summed E-state index contributed by atoms with van der Waals surface area (Å²) in [5.74, 6) is -0.320. The van der Waals surface area contributed by atoms with E-state index in [4.69, 9.17) is 9.47 Å². The minimum absolute atomic E-state index is 0.0511. The lowest BCUT2D eigenvalue weighted by Crippen LogP contribution is -2.17. The van der Waals surface area contributed by atoms with Gasteiger partial charge in [-0.3, -0.25) is 0 Å². The van der Waals surface area contributed by atoms with Crippen molar-refractivity contribution in [2.75, 3.05) is 7.11 Å². The fourth-order valence-electron chi connectivity index (χ4n) is 2.66. The average molecular weight is 294 g/mol. The summed E-state index contributed by atoms with van der Waals surface area (Å²) in [6, 6.07) is 15.7. The summed E-state index contributed by atoms with van der Waals surface area (Å²) in [7, 11) is 1.39. The van der Waals surface area contributed by atoms with E-state index in [2.05, 4.69) is 25.1 Å². The third-order valence-corrected chi connectivity index (χ3v) is 3.91. The molecule has 0 fully saturated rings. The van der Waals surface area contributed by atoms with Crippen LogP contribution in [0.4, 0.5) is 0 Å². The first-order valence-electron chi connectivity index (χ1n) is 7.29. The van der Waals surface area contributed by atoms with E-state index in [1.165, 1.54) is 18.2 Å². The Balaban J connectivity index is 1.96. The first kappa shape index (κ1) is 14.5. The van der Waals surface area contributed by atoms with Gasteiger partial charge in [0.25, 0.3) is 0 Å². The number of benzene rings is 2. The summed E-state index contributed by atoms with van der Waals surface area (Å²) in [6.45, 7) is 2.71. The predicted octanol–water partition coefficient (Wildman–Crippen LogP) is 3.93. The number of hydrogen-bond donors (Lipinski definition) is 0. The molecule has 1 aliphatic heterocycles. The van der Waals surface area contributed by atoms with Crippen LogP contribution in [0.3, 0.4) is 0 Å². The number of esters is 1. The maximum atomic E-state index is 11.5. The lowest BCUT2D eigenvalue weighted by Gasteiger charge is -2.25. The van der Waals surface area contributed by atoms with Crippen molar-refractivity contribution in [3.8, 4) is 0 Å². The molecule has 0 aromatic heterocycles. The molecule has 0 aliphatic carbocycles. The van der Waals surface area contributed by atoms with E-state index in [-0.39, 0.29) is 12.1 Å². The first-order chi connectivity index (χ1) is 10.7. The Hall–Kier alpha value is -2.39. The third kappa shape index (κ3) is 2.81. The molecule has 1 atom stereocenters. The molecule has 22 heavy (non-hydrogen) atoms. The van der Waals surface area contributed by atoms with Gasteiger partial charge >= 0.3 is 5.97 Å². The van der Waals surface area contributed by atoms with Crippen LogP contribution in [-0.2, 0) is 16.1 Å². The van der Waals surface area contributed by atoms with Gasteiger partial charge in [0, 0.05) is 0 Å². The summed E-state index contributed by atoms with van der Waals surface area (Å²) < 4.78 is 10.5. The Morgan fingerprint density at radius 2 is 1.91 bits per heavy atom. The molecule has 3 nitrogen and oxygen atoms in total. The van der Waals surface area contributed by atoms with Crippen LogP contribution in [0.15, 0.2) is 48.5 Å². The van der Waals surface area contributed by atoms with Gasteiger partial charge in [0.15, 0.2) is 0 Å². The molecule has 0 saturated heterocycles. The monoisotopic (exact) mass is 294 g/mol. The van der Waals surface area contributed by atoms with Crippen LogP contribution in [0, 0.1) is 0 Å². The first-order valence-corrected chi connectivity index (χ1v) is 7.29. The van der Waals surface area contributed by atoms with Crippen LogP contribution in [-0.4, -0.2) is 19.2 Å². The third-order valence-electron chi connectivity index (χ3n) is 3.91. The number of carbonyl (C=O) groups excluding carboxylic acids is 1. The fraction of sp³-hybridized carbons (Fsp3) is 0.211. The summed E-state index contributed by atoms with van der Waals surface area (Å²) >= 11 is 0. The standard InChI is InChI=1S/C19H18O3/c1-13-18(17-6-4-3-5-16(17)12-22-13)11-14-7-9-15(10-8-14)19(20)21-2/h3-11,13H,12H2,1-2H3/b18-11-/t13-/m1/s1. The van der Waals surface area contributed by atoms with E-state index in [0.29, 0.717) is 12.2 Å². The zero-order chi connectivity index (χ0) is 15.5. The van der Waals surface area contributed by atoms with E-state index >= 15 is 0 Å². The van der Waals surface area contributed by atoms with Gasteiger partial charge in [-0.2, -0.15) is 0 Å². The molecule has 112 valence electrons. The number of ether oxygens (including phenoxy) is 2. The maximum Gasteiger partial charge on any atom is 0.337 e. The summed E-state index contributed by atoms with van der Waals surface area (Å²) in [4.78, 5) is 11.5. The molecule has 2 aromatic carbocycles. The van der Waals surface area contributed by atoms with Crippen LogP contribution in [0.5, 0.6) is 0 Å². The van der Waals surface area contributed by atoms with Gasteiger partial charge < -0.3 is 9.47 Å².